The topological polar surface area (TPSA) is 48.1 Å². The van der Waals surface area contributed by atoms with Crippen LogP contribution in [0.25, 0.3) is 0 Å². The SMILES string of the molecule is CC1CCC(Oc2cccnc2CN)CC1. The van der Waals surface area contributed by atoms with Crippen LogP contribution in [0.2, 0.25) is 0 Å². The van der Waals surface area contributed by atoms with Gasteiger partial charge in [0.25, 0.3) is 0 Å². The average Bonchev–Trinajstić information content (AvgIpc) is 2.33. The van der Waals surface area contributed by atoms with E-state index in [2.05, 4.69) is 11.9 Å². The molecule has 3 nitrogen and oxygen atoms in total. The van der Waals surface area contributed by atoms with E-state index < -0.39 is 0 Å². The maximum atomic E-state index is 5.98. The van der Waals surface area contributed by atoms with Gasteiger partial charge in [-0.1, -0.05) is 6.92 Å². The maximum absolute atomic E-state index is 5.98. The van der Waals surface area contributed by atoms with E-state index in [-0.39, 0.29) is 0 Å². The third-order valence-electron chi connectivity index (χ3n) is 3.30. The second kappa shape index (κ2) is 5.30. The number of nitrogens with zero attached hydrogens (tertiary/aromatic N) is 1. The molecular formula is C13H20N2O. The van der Waals surface area contributed by atoms with E-state index in [0.29, 0.717) is 12.6 Å². The summed E-state index contributed by atoms with van der Waals surface area (Å²) in [5, 5.41) is 0. The van der Waals surface area contributed by atoms with E-state index in [4.69, 9.17) is 10.5 Å². The quantitative estimate of drug-likeness (QED) is 0.851. The summed E-state index contributed by atoms with van der Waals surface area (Å²) in [4.78, 5) is 4.23. The van der Waals surface area contributed by atoms with Crippen molar-refractivity contribution in [2.45, 2.75) is 45.3 Å². The molecule has 0 unspecified atom stereocenters. The van der Waals surface area contributed by atoms with E-state index in [1.54, 1.807) is 6.20 Å². The van der Waals surface area contributed by atoms with Crippen LogP contribution in [0.1, 0.15) is 38.3 Å². The molecule has 0 radical (unpaired) electrons. The van der Waals surface area contributed by atoms with Gasteiger partial charge >= 0.3 is 0 Å². The average molecular weight is 220 g/mol. The third kappa shape index (κ3) is 2.73. The summed E-state index contributed by atoms with van der Waals surface area (Å²) in [5.74, 6) is 1.72. The third-order valence-corrected chi connectivity index (χ3v) is 3.30. The molecule has 1 heterocycles. The van der Waals surface area contributed by atoms with Gasteiger partial charge in [0.1, 0.15) is 5.75 Å². The minimum Gasteiger partial charge on any atom is -0.488 e. The Hall–Kier alpha value is -1.09. The van der Waals surface area contributed by atoms with Gasteiger partial charge < -0.3 is 10.5 Å². The summed E-state index contributed by atoms with van der Waals surface area (Å²) in [5.41, 5.74) is 6.50. The highest BCUT2D eigenvalue weighted by Crippen LogP contribution is 2.27. The van der Waals surface area contributed by atoms with Gasteiger partial charge in [0.2, 0.25) is 0 Å². The Morgan fingerprint density at radius 2 is 2.12 bits per heavy atom. The van der Waals surface area contributed by atoms with Crippen LogP contribution in [-0.2, 0) is 6.54 Å². The molecule has 0 saturated heterocycles. The Balaban J connectivity index is 1.98. The van der Waals surface area contributed by atoms with Gasteiger partial charge in [0.15, 0.2) is 0 Å². The van der Waals surface area contributed by atoms with Gasteiger partial charge in [0.05, 0.1) is 11.8 Å². The molecule has 1 aliphatic rings. The van der Waals surface area contributed by atoms with Crippen molar-refractivity contribution in [3.63, 3.8) is 0 Å². The van der Waals surface area contributed by atoms with Crippen molar-refractivity contribution in [2.75, 3.05) is 0 Å². The normalized spacial score (nSPS) is 25.4. The van der Waals surface area contributed by atoms with Crippen molar-refractivity contribution in [2.24, 2.45) is 11.7 Å². The lowest BCUT2D eigenvalue weighted by molar-refractivity contribution is 0.134. The molecule has 1 aromatic rings. The molecule has 16 heavy (non-hydrogen) atoms. The molecule has 0 bridgehead atoms. The summed E-state index contributed by atoms with van der Waals surface area (Å²) >= 11 is 0. The Bertz CT molecular complexity index is 332. The number of ether oxygens (including phenoxy) is 1. The second-order valence-corrected chi connectivity index (χ2v) is 4.65. The number of pyridine rings is 1. The Kier molecular flexibility index (Phi) is 3.78. The van der Waals surface area contributed by atoms with Crippen LogP contribution in [0.5, 0.6) is 5.75 Å². The zero-order valence-corrected chi connectivity index (χ0v) is 9.86. The van der Waals surface area contributed by atoms with Gasteiger partial charge in [-0.25, -0.2) is 0 Å². The van der Waals surface area contributed by atoms with Crippen molar-refractivity contribution < 1.29 is 4.74 Å². The predicted octanol–water partition coefficient (Wildman–Crippen LogP) is 2.50. The van der Waals surface area contributed by atoms with Crippen LogP contribution in [0.3, 0.4) is 0 Å². The van der Waals surface area contributed by atoms with Gasteiger partial charge in [-0.15, -0.1) is 0 Å². The molecule has 3 heteroatoms. The number of rotatable bonds is 3. The minimum absolute atomic E-state index is 0.352. The predicted molar refractivity (Wildman–Crippen MR) is 64.2 cm³/mol. The summed E-state index contributed by atoms with van der Waals surface area (Å²) in [6.45, 7) is 2.75. The smallest absolute Gasteiger partial charge is 0.142 e. The number of hydrogen-bond acceptors (Lipinski definition) is 3. The lowest BCUT2D eigenvalue weighted by Gasteiger charge is -2.27. The monoisotopic (exact) mass is 220 g/mol. The van der Waals surface area contributed by atoms with E-state index in [1.807, 2.05) is 12.1 Å². The van der Waals surface area contributed by atoms with Crippen LogP contribution in [-0.4, -0.2) is 11.1 Å². The van der Waals surface area contributed by atoms with Crippen LogP contribution >= 0.6 is 0 Å². The lowest BCUT2D eigenvalue weighted by Crippen LogP contribution is -2.23. The van der Waals surface area contributed by atoms with Crippen LogP contribution in [0.4, 0.5) is 0 Å². The first kappa shape index (κ1) is 11.4. The van der Waals surface area contributed by atoms with Crippen molar-refractivity contribution in [1.82, 2.24) is 4.98 Å². The second-order valence-electron chi connectivity index (χ2n) is 4.65. The Morgan fingerprint density at radius 3 is 2.81 bits per heavy atom. The highest BCUT2D eigenvalue weighted by atomic mass is 16.5. The molecule has 0 amide bonds. The van der Waals surface area contributed by atoms with Gasteiger partial charge in [-0.05, 0) is 43.7 Å². The molecular weight excluding hydrogens is 200 g/mol. The van der Waals surface area contributed by atoms with Crippen LogP contribution in [0.15, 0.2) is 18.3 Å². The lowest BCUT2D eigenvalue weighted by atomic mass is 9.89. The Morgan fingerprint density at radius 1 is 1.38 bits per heavy atom. The number of aromatic nitrogens is 1. The molecule has 2 N–H and O–H groups in total. The highest BCUT2D eigenvalue weighted by Gasteiger charge is 2.20. The summed E-state index contributed by atoms with van der Waals surface area (Å²) in [6, 6.07) is 3.87. The molecule has 1 saturated carbocycles. The summed E-state index contributed by atoms with van der Waals surface area (Å²) < 4.78 is 5.98. The molecule has 1 aliphatic carbocycles. The molecule has 2 rings (SSSR count). The van der Waals surface area contributed by atoms with Gasteiger partial charge in [-0.3, -0.25) is 4.98 Å². The molecule has 1 fully saturated rings. The van der Waals surface area contributed by atoms with Crippen molar-refractivity contribution >= 4 is 0 Å². The fourth-order valence-electron chi connectivity index (χ4n) is 2.21. The minimum atomic E-state index is 0.352. The first-order chi connectivity index (χ1) is 7.79. The van der Waals surface area contributed by atoms with Crippen molar-refractivity contribution in [1.29, 1.82) is 0 Å². The number of nitrogens with two attached hydrogens (primary N) is 1. The first-order valence-corrected chi connectivity index (χ1v) is 6.10. The van der Waals surface area contributed by atoms with E-state index in [1.165, 1.54) is 12.8 Å². The zero-order chi connectivity index (χ0) is 11.4. The van der Waals surface area contributed by atoms with Crippen LogP contribution < -0.4 is 10.5 Å². The van der Waals surface area contributed by atoms with Crippen LogP contribution in [0, 0.1) is 5.92 Å². The van der Waals surface area contributed by atoms with Crippen molar-refractivity contribution in [3.05, 3.63) is 24.0 Å². The van der Waals surface area contributed by atoms with E-state index in [9.17, 15) is 0 Å². The standard InChI is InChI=1S/C13H20N2O/c1-10-4-6-11(7-5-10)16-13-3-2-8-15-12(13)9-14/h2-3,8,10-11H,4-7,9,14H2,1H3. The maximum Gasteiger partial charge on any atom is 0.142 e. The fourth-order valence-corrected chi connectivity index (χ4v) is 2.21. The summed E-state index contributed by atoms with van der Waals surface area (Å²) in [6.07, 6.45) is 6.95. The highest BCUT2D eigenvalue weighted by molar-refractivity contribution is 5.26. The largest absolute Gasteiger partial charge is 0.488 e. The summed E-state index contributed by atoms with van der Waals surface area (Å²) in [7, 11) is 0. The number of hydrogen-bond donors (Lipinski definition) is 1. The molecule has 0 spiro atoms. The Labute approximate surface area is 97.0 Å². The zero-order valence-electron chi connectivity index (χ0n) is 9.86. The van der Waals surface area contributed by atoms with Crippen molar-refractivity contribution in [3.8, 4) is 5.75 Å². The molecule has 1 aromatic heterocycles. The van der Waals surface area contributed by atoms with E-state index >= 15 is 0 Å². The molecule has 0 aromatic carbocycles. The van der Waals surface area contributed by atoms with Gasteiger partial charge in [0, 0.05) is 12.7 Å². The first-order valence-electron chi connectivity index (χ1n) is 6.10. The molecule has 88 valence electrons. The van der Waals surface area contributed by atoms with Gasteiger partial charge in [-0.2, -0.15) is 0 Å². The molecule has 0 atom stereocenters. The molecule has 0 aliphatic heterocycles. The van der Waals surface area contributed by atoms with E-state index in [0.717, 1.165) is 30.2 Å². The fraction of sp³-hybridized carbons (Fsp3) is 0.615.